The van der Waals surface area contributed by atoms with Gasteiger partial charge in [0.05, 0.1) is 18.6 Å². The van der Waals surface area contributed by atoms with E-state index < -0.39 is 24.0 Å². The lowest BCUT2D eigenvalue weighted by Gasteiger charge is -2.42. The van der Waals surface area contributed by atoms with E-state index in [9.17, 15) is 4.79 Å². The minimum atomic E-state index is -2.97. The molecule has 2 aromatic rings. The number of carboxylic acids is 1. The van der Waals surface area contributed by atoms with E-state index in [2.05, 4.69) is 35.1 Å². The van der Waals surface area contributed by atoms with Gasteiger partial charge in [0.25, 0.3) is 11.9 Å². The van der Waals surface area contributed by atoms with Crippen LogP contribution in [0.25, 0.3) is 10.6 Å². The highest BCUT2D eigenvalue weighted by molar-refractivity contribution is 7.13. The van der Waals surface area contributed by atoms with E-state index >= 15 is 8.78 Å². The van der Waals surface area contributed by atoms with E-state index in [-0.39, 0.29) is 24.9 Å². The Morgan fingerprint density at radius 1 is 1.20 bits per heavy atom. The predicted octanol–water partition coefficient (Wildman–Crippen LogP) is 5.88. The summed E-state index contributed by atoms with van der Waals surface area (Å²) in [5.74, 6) is -3.75. The molecule has 40 heavy (non-hydrogen) atoms. The van der Waals surface area contributed by atoms with Gasteiger partial charge in [-0.3, -0.25) is 9.59 Å². The molecular formula is C30H41F2N3O4S. The minimum absolute atomic E-state index is 0.0326. The fraction of sp³-hybridized carbons (Fsp3) is 0.633. The molecule has 220 valence electrons. The van der Waals surface area contributed by atoms with E-state index in [4.69, 9.17) is 14.6 Å². The summed E-state index contributed by atoms with van der Waals surface area (Å²) >= 11 is 1.58. The zero-order valence-electron chi connectivity index (χ0n) is 23.6. The van der Waals surface area contributed by atoms with Crippen LogP contribution < -0.4 is 5.32 Å². The number of carboxylic acid groups (broad SMARTS) is 1. The Hall–Kier alpha value is -2.43. The summed E-state index contributed by atoms with van der Waals surface area (Å²) in [5.41, 5.74) is 3.14. The lowest BCUT2D eigenvalue weighted by Crippen LogP contribution is -2.58. The molecule has 1 saturated heterocycles. The normalized spacial score (nSPS) is 23.4. The summed E-state index contributed by atoms with van der Waals surface area (Å²) in [6.45, 7) is 7.27. The molecule has 1 aromatic carbocycles. The van der Waals surface area contributed by atoms with Gasteiger partial charge in [-0.2, -0.15) is 0 Å². The van der Waals surface area contributed by atoms with Gasteiger partial charge in [-0.15, -0.1) is 11.3 Å². The highest BCUT2D eigenvalue weighted by Crippen LogP contribution is 2.46. The van der Waals surface area contributed by atoms with E-state index in [0.29, 0.717) is 24.8 Å². The highest BCUT2D eigenvalue weighted by Gasteiger charge is 2.49. The summed E-state index contributed by atoms with van der Waals surface area (Å²) in [5, 5.41) is 13.0. The molecule has 3 aliphatic rings. The molecule has 2 N–H and O–H groups in total. The van der Waals surface area contributed by atoms with Crippen LogP contribution >= 0.6 is 11.3 Å². The van der Waals surface area contributed by atoms with Gasteiger partial charge in [-0.1, -0.05) is 18.2 Å². The van der Waals surface area contributed by atoms with E-state index in [1.54, 1.807) is 17.5 Å². The minimum Gasteiger partial charge on any atom is -0.481 e. The number of carbonyl (C=O) groups is 2. The number of halogens is 2. The molecule has 1 aliphatic heterocycles. The number of alkyl halides is 2. The maximum absolute atomic E-state index is 15.1. The number of likely N-dealkylation sites (tertiary alicyclic amines) is 1. The first-order valence-corrected chi connectivity index (χ1v) is 15.2. The third-order valence-electron chi connectivity index (χ3n) is 7.91. The Morgan fingerprint density at radius 3 is 2.50 bits per heavy atom. The Kier molecular flexibility index (Phi) is 10.3. The molecule has 10 heteroatoms. The van der Waals surface area contributed by atoms with E-state index in [1.807, 2.05) is 17.5 Å². The van der Waals surface area contributed by atoms with Crippen LogP contribution in [0.1, 0.15) is 82.8 Å². The molecule has 2 atom stereocenters. The van der Waals surface area contributed by atoms with Crippen molar-refractivity contribution in [1.29, 1.82) is 0 Å². The first-order chi connectivity index (χ1) is 19.0. The average Bonchev–Trinajstić information content (AvgIpc) is 3.58. The number of amides is 1. The number of nitrogens with one attached hydrogen (secondary N) is 1. The molecular weight excluding hydrogens is 536 g/mol. The van der Waals surface area contributed by atoms with E-state index in [1.165, 1.54) is 0 Å². The van der Waals surface area contributed by atoms with Crippen LogP contribution in [0.2, 0.25) is 0 Å². The molecule has 0 unspecified atom stereocenters. The zero-order chi connectivity index (χ0) is 28.9. The van der Waals surface area contributed by atoms with Crippen molar-refractivity contribution in [3.05, 3.63) is 40.9 Å². The molecule has 2 saturated carbocycles. The van der Waals surface area contributed by atoms with Gasteiger partial charge in [0.15, 0.2) is 0 Å². The van der Waals surface area contributed by atoms with Crippen molar-refractivity contribution in [2.45, 2.75) is 108 Å². The Labute approximate surface area is 239 Å². The van der Waals surface area contributed by atoms with Crippen molar-refractivity contribution in [3.8, 4) is 10.6 Å². The van der Waals surface area contributed by atoms with E-state index in [0.717, 1.165) is 67.4 Å². The van der Waals surface area contributed by atoms with Crippen molar-refractivity contribution < 1.29 is 28.2 Å². The number of aromatic nitrogens is 1. The topological polar surface area (TPSA) is 91.8 Å². The van der Waals surface area contributed by atoms with Crippen molar-refractivity contribution >= 4 is 23.2 Å². The first-order valence-electron chi connectivity index (χ1n) is 14.3. The smallest absolute Gasteiger partial charge is 0.300 e. The molecule has 2 aliphatic carbocycles. The van der Waals surface area contributed by atoms with Gasteiger partial charge in [-0.05, 0) is 69.4 Å². The highest BCUT2D eigenvalue weighted by atomic mass is 32.1. The third-order valence-corrected chi connectivity index (χ3v) is 8.72. The Balaban J connectivity index is 0.000000867. The average molecular weight is 578 g/mol. The van der Waals surface area contributed by atoms with Crippen LogP contribution in [0.5, 0.6) is 0 Å². The maximum Gasteiger partial charge on any atom is 0.300 e. The Bertz CT molecular complexity index is 1130. The molecule has 0 bridgehead atoms. The number of aliphatic carboxylic acids is 1. The number of thiazole rings is 1. The summed E-state index contributed by atoms with van der Waals surface area (Å²) in [7, 11) is 0. The SMILES string of the molecule is CC(=O)O.CC(C)N1CCC(O[C@H]2CCCC(F)(F)[C@@H]2NC(=O)Cc2cccc(-c3nccs3)c2C2CC2)CC1. The molecule has 2 heterocycles. The van der Waals surface area contributed by atoms with Gasteiger partial charge in [0.1, 0.15) is 11.0 Å². The van der Waals surface area contributed by atoms with Gasteiger partial charge < -0.3 is 20.1 Å². The van der Waals surface area contributed by atoms with Gasteiger partial charge >= 0.3 is 0 Å². The lowest BCUT2D eigenvalue weighted by molar-refractivity contribution is -0.157. The summed E-state index contributed by atoms with van der Waals surface area (Å²) in [6, 6.07) is 5.15. The number of rotatable bonds is 8. The second kappa shape index (κ2) is 13.5. The molecule has 7 nitrogen and oxygen atoms in total. The molecule has 0 radical (unpaired) electrons. The van der Waals surface area contributed by atoms with Crippen LogP contribution in [-0.4, -0.2) is 70.2 Å². The van der Waals surface area contributed by atoms with Crippen LogP contribution in [0, 0.1) is 0 Å². The molecule has 3 fully saturated rings. The molecule has 5 rings (SSSR count). The third kappa shape index (κ3) is 8.07. The standard InChI is InChI=1S/C28H37F2N3O2S.C2H4O2/c1-18(2)33-14-10-21(11-15-33)35-23-7-4-12-28(29,30)26(23)32-24(34)17-20-5-3-6-22(25(20)19-8-9-19)27-31-13-16-36-27;1-2(3)4/h3,5-6,13,16,18-19,21,23,26H,4,7-12,14-15,17H2,1-2H3,(H,32,34);1H3,(H,3,4)/t23-,26+;/m0./s1. The maximum atomic E-state index is 15.1. The van der Waals surface area contributed by atoms with Crippen molar-refractivity contribution in [3.63, 3.8) is 0 Å². The molecule has 1 amide bonds. The Morgan fingerprint density at radius 2 is 1.90 bits per heavy atom. The second-order valence-electron chi connectivity index (χ2n) is 11.4. The van der Waals surface area contributed by atoms with Gasteiger partial charge in [0.2, 0.25) is 5.91 Å². The van der Waals surface area contributed by atoms with Gasteiger partial charge in [-0.25, -0.2) is 13.8 Å². The number of benzene rings is 1. The summed E-state index contributed by atoms with van der Waals surface area (Å²) in [4.78, 5) is 29.1. The monoisotopic (exact) mass is 577 g/mol. The van der Waals surface area contributed by atoms with Crippen LogP contribution in [0.4, 0.5) is 8.78 Å². The van der Waals surface area contributed by atoms with Crippen molar-refractivity contribution in [1.82, 2.24) is 15.2 Å². The fourth-order valence-corrected chi connectivity index (χ4v) is 6.49. The number of ether oxygens (including phenoxy) is 1. The summed E-state index contributed by atoms with van der Waals surface area (Å²) in [6.07, 6.45) is 5.81. The molecule has 0 spiro atoms. The predicted molar refractivity (Wildman–Crippen MR) is 152 cm³/mol. The molecule has 1 aromatic heterocycles. The van der Waals surface area contributed by atoms with Crippen LogP contribution in [0.3, 0.4) is 0 Å². The fourth-order valence-electron chi connectivity index (χ4n) is 5.82. The largest absolute Gasteiger partial charge is 0.481 e. The van der Waals surface area contributed by atoms with Crippen LogP contribution in [0.15, 0.2) is 29.8 Å². The number of hydrogen-bond donors (Lipinski definition) is 2. The van der Waals surface area contributed by atoms with Crippen LogP contribution in [-0.2, 0) is 20.7 Å². The van der Waals surface area contributed by atoms with Crippen molar-refractivity contribution in [2.24, 2.45) is 0 Å². The number of hydrogen-bond acceptors (Lipinski definition) is 6. The van der Waals surface area contributed by atoms with Gasteiger partial charge in [0, 0.05) is 49.6 Å². The first kappa shape index (κ1) is 30.5. The number of piperidine rings is 1. The quantitative estimate of drug-likeness (QED) is 0.407. The zero-order valence-corrected chi connectivity index (χ0v) is 24.4. The van der Waals surface area contributed by atoms with Crippen molar-refractivity contribution in [2.75, 3.05) is 13.1 Å². The second-order valence-corrected chi connectivity index (χ2v) is 12.3. The number of nitrogens with zero attached hydrogens (tertiary/aromatic N) is 2. The lowest BCUT2D eigenvalue weighted by atomic mass is 9.88. The summed E-state index contributed by atoms with van der Waals surface area (Å²) < 4.78 is 36.5. The number of carbonyl (C=O) groups excluding carboxylic acids is 1.